The Morgan fingerprint density at radius 3 is 2.29 bits per heavy atom. The third kappa shape index (κ3) is 4.50. The van der Waals surface area contributed by atoms with E-state index in [4.69, 9.17) is 0 Å². The first-order valence-electron chi connectivity index (χ1n) is 11.6. The van der Waals surface area contributed by atoms with E-state index in [0.717, 1.165) is 24.0 Å². The van der Waals surface area contributed by atoms with Gasteiger partial charge in [0.2, 0.25) is 10.0 Å². The maximum absolute atomic E-state index is 13.4. The normalized spacial score (nSPS) is 15.1. The predicted molar refractivity (Wildman–Crippen MR) is 131 cm³/mol. The average molecular weight is 483 g/mol. The van der Waals surface area contributed by atoms with Gasteiger partial charge in [-0.1, -0.05) is 37.6 Å². The van der Waals surface area contributed by atoms with Crippen molar-refractivity contribution in [2.75, 3.05) is 26.2 Å². The molecule has 1 amide bonds. The van der Waals surface area contributed by atoms with Crippen molar-refractivity contribution in [3.8, 4) is 0 Å². The molecule has 0 spiro atoms. The van der Waals surface area contributed by atoms with Crippen molar-refractivity contribution in [3.05, 3.63) is 69.6 Å². The molecule has 2 aromatic carbocycles. The zero-order valence-electron chi connectivity index (χ0n) is 19.8. The van der Waals surface area contributed by atoms with Crippen LogP contribution in [-0.4, -0.2) is 59.5 Å². The molecule has 0 radical (unpaired) electrons. The first-order valence-corrected chi connectivity index (χ1v) is 13.0. The molecule has 8 nitrogen and oxygen atoms in total. The fourth-order valence-electron chi connectivity index (χ4n) is 4.16. The minimum absolute atomic E-state index is 0.203. The van der Waals surface area contributed by atoms with Crippen molar-refractivity contribution in [1.29, 1.82) is 0 Å². The number of rotatable bonds is 6. The number of aryl methyl sites for hydroxylation is 3. The Bertz CT molecular complexity index is 1390. The van der Waals surface area contributed by atoms with Crippen LogP contribution in [0.25, 0.3) is 10.8 Å². The van der Waals surface area contributed by atoms with E-state index in [0.29, 0.717) is 17.3 Å². The average Bonchev–Trinajstić information content (AvgIpc) is 2.85. The smallest absolute Gasteiger partial charge is 0.275 e. The van der Waals surface area contributed by atoms with Crippen molar-refractivity contribution in [1.82, 2.24) is 19.0 Å². The SMILES string of the molecule is CCCCn1nc(C(=O)N2CCN(S(=O)(=O)c3ccc(C)c(C)c3)CC2)c2ccccc2c1=O. The molecule has 0 unspecified atom stereocenters. The van der Waals surface area contributed by atoms with Crippen LogP contribution in [0.3, 0.4) is 0 Å². The molecule has 1 aliphatic heterocycles. The Morgan fingerprint density at radius 2 is 1.65 bits per heavy atom. The first-order chi connectivity index (χ1) is 16.2. The second-order valence-electron chi connectivity index (χ2n) is 8.72. The number of hydrogen-bond acceptors (Lipinski definition) is 5. The highest BCUT2D eigenvalue weighted by molar-refractivity contribution is 7.89. The quantitative estimate of drug-likeness (QED) is 0.539. The Kier molecular flexibility index (Phi) is 6.86. The molecule has 0 aliphatic carbocycles. The van der Waals surface area contributed by atoms with Gasteiger partial charge >= 0.3 is 0 Å². The Hall–Kier alpha value is -3.04. The van der Waals surface area contributed by atoms with Gasteiger partial charge in [0.15, 0.2) is 5.69 Å². The van der Waals surface area contributed by atoms with Crippen molar-refractivity contribution in [2.24, 2.45) is 0 Å². The number of hydrogen-bond donors (Lipinski definition) is 0. The van der Waals surface area contributed by atoms with Gasteiger partial charge in [0, 0.05) is 38.1 Å². The van der Waals surface area contributed by atoms with Gasteiger partial charge in [-0.3, -0.25) is 9.59 Å². The number of benzene rings is 2. The lowest BCUT2D eigenvalue weighted by molar-refractivity contribution is 0.0691. The van der Waals surface area contributed by atoms with E-state index in [2.05, 4.69) is 5.10 Å². The van der Waals surface area contributed by atoms with Crippen LogP contribution in [0.5, 0.6) is 0 Å². The van der Waals surface area contributed by atoms with E-state index in [9.17, 15) is 18.0 Å². The number of carbonyl (C=O) groups excluding carboxylic acids is 1. The highest BCUT2D eigenvalue weighted by atomic mass is 32.2. The molecule has 180 valence electrons. The van der Waals surface area contributed by atoms with Gasteiger partial charge in [-0.2, -0.15) is 9.40 Å². The standard InChI is InChI=1S/C25H30N4O4S/c1-4-5-12-29-24(30)22-9-7-6-8-21(22)23(26-29)25(31)27-13-15-28(16-14-27)34(32,33)20-11-10-18(2)19(3)17-20/h6-11,17H,4-5,12-16H2,1-3H3. The lowest BCUT2D eigenvalue weighted by Gasteiger charge is -2.34. The highest BCUT2D eigenvalue weighted by Crippen LogP contribution is 2.22. The van der Waals surface area contributed by atoms with Crippen molar-refractivity contribution >= 4 is 26.7 Å². The number of fused-ring (bicyclic) bond motifs is 1. The van der Waals surface area contributed by atoms with E-state index in [1.165, 1.54) is 8.99 Å². The molecular weight excluding hydrogens is 452 g/mol. The zero-order chi connectivity index (χ0) is 24.5. The molecule has 1 aromatic heterocycles. The lowest BCUT2D eigenvalue weighted by Crippen LogP contribution is -2.50. The Morgan fingerprint density at radius 1 is 0.971 bits per heavy atom. The van der Waals surface area contributed by atoms with Crippen LogP contribution in [0.2, 0.25) is 0 Å². The molecule has 0 atom stereocenters. The number of sulfonamides is 1. The number of carbonyl (C=O) groups is 1. The van der Waals surface area contributed by atoms with Crippen molar-refractivity contribution in [3.63, 3.8) is 0 Å². The van der Waals surface area contributed by atoms with Crippen LogP contribution >= 0.6 is 0 Å². The molecule has 0 bridgehead atoms. The van der Waals surface area contributed by atoms with Gasteiger partial charge in [-0.25, -0.2) is 13.1 Å². The molecule has 0 saturated carbocycles. The maximum Gasteiger partial charge on any atom is 0.275 e. The van der Waals surface area contributed by atoms with E-state index in [1.807, 2.05) is 26.8 Å². The molecule has 1 aliphatic rings. The predicted octanol–water partition coefficient (Wildman–Crippen LogP) is 2.96. The molecule has 9 heteroatoms. The minimum Gasteiger partial charge on any atom is -0.335 e. The Labute approximate surface area is 199 Å². The van der Waals surface area contributed by atoms with Crippen LogP contribution in [0.1, 0.15) is 41.4 Å². The van der Waals surface area contributed by atoms with Gasteiger partial charge in [-0.05, 0) is 49.6 Å². The van der Waals surface area contributed by atoms with Gasteiger partial charge in [0.1, 0.15) is 0 Å². The van der Waals surface area contributed by atoms with Crippen LogP contribution in [-0.2, 0) is 16.6 Å². The Balaban J connectivity index is 1.57. The number of nitrogens with zero attached hydrogens (tertiary/aromatic N) is 4. The molecule has 1 saturated heterocycles. The summed E-state index contributed by atoms with van der Waals surface area (Å²) in [5.74, 6) is -0.287. The van der Waals surface area contributed by atoms with Crippen LogP contribution in [0.4, 0.5) is 0 Å². The summed E-state index contributed by atoms with van der Waals surface area (Å²) in [6.45, 7) is 7.23. The minimum atomic E-state index is -3.64. The molecule has 1 fully saturated rings. The van der Waals surface area contributed by atoms with E-state index >= 15 is 0 Å². The summed E-state index contributed by atoms with van der Waals surface area (Å²) in [6, 6.07) is 12.1. The van der Waals surface area contributed by atoms with Crippen LogP contribution < -0.4 is 5.56 Å². The largest absolute Gasteiger partial charge is 0.335 e. The van der Waals surface area contributed by atoms with Gasteiger partial charge < -0.3 is 4.90 Å². The molecule has 2 heterocycles. The van der Waals surface area contributed by atoms with E-state index in [1.54, 1.807) is 41.3 Å². The van der Waals surface area contributed by atoms with Gasteiger partial charge in [0.25, 0.3) is 11.5 Å². The van der Waals surface area contributed by atoms with E-state index in [-0.39, 0.29) is 48.2 Å². The number of amides is 1. The summed E-state index contributed by atoms with van der Waals surface area (Å²) in [4.78, 5) is 28.2. The van der Waals surface area contributed by atoms with Crippen molar-refractivity contribution < 1.29 is 13.2 Å². The van der Waals surface area contributed by atoms with E-state index < -0.39 is 10.0 Å². The fraction of sp³-hybridized carbons (Fsp3) is 0.400. The molecule has 34 heavy (non-hydrogen) atoms. The highest BCUT2D eigenvalue weighted by Gasteiger charge is 2.32. The molecule has 3 aromatic rings. The fourth-order valence-corrected chi connectivity index (χ4v) is 5.67. The lowest BCUT2D eigenvalue weighted by atomic mass is 10.1. The first kappa shape index (κ1) is 24.1. The summed E-state index contributed by atoms with van der Waals surface area (Å²) >= 11 is 0. The third-order valence-corrected chi connectivity index (χ3v) is 8.33. The van der Waals surface area contributed by atoms with Crippen LogP contribution in [0.15, 0.2) is 52.2 Å². The van der Waals surface area contributed by atoms with Gasteiger partial charge in [-0.15, -0.1) is 0 Å². The van der Waals surface area contributed by atoms with Crippen LogP contribution in [0, 0.1) is 13.8 Å². The summed E-state index contributed by atoms with van der Waals surface area (Å²) < 4.78 is 29.1. The molecule has 4 rings (SSSR count). The molecular formula is C25H30N4O4S. The summed E-state index contributed by atoms with van der Waals surface area (Å²) in [5.41, 5.74) is 1.99. The summed E-state index contributed by atoms with van der Waals surface area (Å²) in [7, 11) is -3.64. The third-order valence-electron chi connectivity index (χ3n) is 6.44. The van der Waals surface area contributed by atoms with Gasteiger partial charge in [0.05, 0.1) is 10.3 Å². The number of piperazine rings is 1. The summed E-state index contributed by atoms with van der Waals surface area (Å²) in [5, 5.41) is 5.42. The summed E-state index contributed by atoms with van der Waals surface area (Å²) in [6.07, 6.45) is 1.69. The monoisotopic (exact) mass is 482 g/mol. The topological polar surface area (TPSA) is 92.6 Å². The second-order valence-corrected chi connectivity index (χ2v) is 10.7. The number of unbranched alkanes of at least 4 members (excludes halogenated alkanes) is 1. The van der Waals surface area contributed by atoms with Crippen molar-refractivity contribution in [2.45, 2.75) is 45.1 Å². The maximum atomic E-state index is 13.4. The molecule has 0 N–H and O–H groups in total. The zero-order valence-corrected chi connectivity index (χ0v) is 20.6. The number of aromatic nitrogens is 2. The second kappa shape index (κ2) is 9.68.